The summed E-state index contributed by atoms with van der Waals surface area (Å²) in [5.74, 6) is 5.34. The first-order valence-corrected chi connectivity index (χ1v) is 12.3. The minimum absolute atomic E-state index is 0.0310. The molecule has 0 spiro atoms. The molecule has 3 rings (SSSR count). The quantitative estimate of drug-likeness (QED) is 0.462. The van der Waals surface area contributed by atoms with E-state index in [0.717, 1.165) is 11.6 Å². The maximum absolute atomic E-state index is 13.5. The van der Waals surface area contributed by atoms with Gasteiger partial charge >= 0.3 is 6.03 Å². The normalized spacial score (nSPS) is 13.5. The molecule has 35 heavy (non-hydrogen) atoms. The van der Waals surface area contributed by atoms with Gasteiger partial charge in [0.15, 0.2) is 0 Å². The van der Waals surface area contributed by atoms with Crippen LogP contribution < -0.4 is 19.7 Å². The first-order chi connectivity index (χ1) is 16.7. The molecule has 0 bridgehead atoms. The molecule has 0 radical (unpaired) electrons. The van der Waals surface area contributed by atoms with Gasteiger partial charge in [0, 0.05) is 24.7 Å². The number of urea groups is 1. The lowest BCUT2D eigenvalue weighted by molar-refractivity contribution is -0.120. The summed E-state index contributed by atoms with van der Waals surface area (Å²) in [5, 5.41) is 10.3. The summed E-state index contributed by atoms with van der Waals surface area (Å²) in [6.45, 7) is 2.12. The first-order valence-electron chi connectivity index (χ1n) is 10.8. The highest BCUT2D eigenvalue weighted by atomic mass is 32.2. The molecule has 1 unspecified atom stereocenters. The predicted octanol–water partition coefficient (Wildman–Crippen LogP) is 2.60. The topological polar surface area (TPSA) is 129 Å². The van der Waals surface area contributed by atoms with Crippen LogP contribution in [-0.4, -0.2) is 45.8 Å². The smallest absolute Gasteiger partial charge is 0.329 e. The zero-order valence-corrected chi connectivity index (χ0v) is 20.2. The number of methoxy groups -OCH3 is 1. The fourth-order valence-corrected chi connectivity index (χ4v) is 4.52. The number of allylic oxidation sites excluding steroid dienone is 2. The fourth-order valence-electron chi connectivity index (χ4n) is 3.50. The van der Waals surface area contributed by atoms with Gasteiger partial charge in [-0.15, -0.1) is 0 Å². The molecule has 10 heteroatoms. The van der Waals surface area contributed by atoms with Crippen LogP contribution in [0.2, 0.25) is 0 Å². The van der Waals surface area contributed by atoms with Crippen molar-refractivity contribution in [3.05, 3.63) is 71.1 Å². The van der Waals surface area contributed by atoms with Crippen LogP contribution in [0.15, 0.2) is 65.6 Å². The van der Waals surface area contributed by atoms with Crippen LogP contribution in [0.3, 0.4) is 0 Å². The fraction of sp³-hybridized carbons (Fsp3) is 0.240. The molecule has 0 aromatic heterocycles. The number of anilines is 1. The van der Waals surface area contributed by atoms with Gasteiger partial charge in [-0.25, -0.2) is 17.9 Å². The standard InChI is InChI=1S/C25H26N4O5S/c1-3-29(19-13-15-20(34-2)16-14-19)24(30)22(17-18-9-5-4-6-10-18)27-25(31)28-35(32,33)23-12-8-7-11-21(23)26/h4-6,9-10,12-16,22,26H,3,11,17H2,1-2H3,(H2,27,28,31). The van der Waals surface area contributed by atoms with E-state index < -0.39 is 28.0 Å². The largest absolute Gasteiger partial charge is 0.497 e. The number of carbonyl (C=O) groups excluding carboxylic acids is 2. The van der Waals surface area contributed by atoms with E-state index in [4.69, 9.17) is 10.1 Å². The van der Waals surface area contributed by atoms with E-state index in [1.807, 2.05) is 35.1 Å². The number of ether oxygens (including phenoxy) is 1. The van der Waals surface area contributed by atoms with Crippen LogP contribution in [-0.2, 0) is 21.2 Å². The summed E-state index contributed by atoms with van der Waals surface area (Å²) >= 11 is 0. The number of carbonyl (C=O) groups is 2. The SMILES string of the molecule is CCN(C(=O)C(Cc1ccccc1)NC(=O)NS(=O)(=O)C1=CC#CCC1=N)c1ccc(OC)cc1. The monoisotopic (exact) mass is 494 g/mol. The number of hydrogen-bond donors (Lipinski definition) is 3. The molecule has 0 saturated carbocycles. The molecule has 1 aliphatic carbocycles. The summed E-state index contributed by atoms with van der Waals surface area (Å²) in [6.07, 6.45) is 1.19. The Morgan fingerprint density at radius 1 is 1.14 bits per heavy atom. The Balaban J connectivity index is 1.84. The van der Waals surface area contributed by atoms with Gasteiger partial charge in [0.1, 0.15) is 16.7 Å². The summed E-state index contributed by atoms with van der Waals surface area (Å²) < 4.78 is 32.3. The Bertz CT molecular complexity index is 1290. The van der Waals surface area contributed by atoms with Crippen molar-refractivity contribution in [2.24, 2.45) is 0 Å². The molecule has 0 aliphatic heterocycles. The second-order valence-electron chi connectivity index (χ2n) is 7.59. The third-order valence-electron chi connectivity index (χ3n) is 5.24. The van der Waals surface area contributed by atoms with E-state index >= 15 is 0 Å². The lowest BCUT2D eigenvalue weighted by Crippen LogP contribution is -2.53. The highest BCUT2D eigenvalue weighted by molar-refractivity contribution is 7.94. The second kappa shape index (κ2) is 11.4. The van der Waals surface area contributed by atoms with E-state index in [1.54, 1.807) is 38.3 Å². The molecule has 9 nitrogen and oxygen atoms in total. The van der Waals surface area contributed by atoms with Crippen molar-refractivity contribution in [1.82, 2.24) is 10.0 Å². The van der Waals surface area contributed by atoms with Crippen molar-refractivity contribution in [3.8, 4) is 17.6 Å². The number of likely N-dealkylation sites (N-methyl/N-ethyl adjacent to an activating group) is 1. The number of hydrogen-bond acceptors (Lipinski definition) is 6. The first kappa shape index (κ1) is 25.5. The van der Waals surface area contributed by atoms with Crippen LogP contribution in [0.1, 0.15) is 18.9 Å². The summed E-state index contributed by atoms with van der Waals surface area (Å²) in [4.78, 5) is 27.4. The van der Waals surface area contributed by atoms with Crippen molar-refractivity contribution in [1.29, 1.82) is 5.41 Å². The van der Waals surface area contributed by atoms with E-state index in [2.05, 4.69) is 17.2 Å². The van der Waals surface area contributed by atoms with Crippen LogP contribution >= 0.6 is 0 Å². The van der Waals surface area contributed by atoms with Gasteiger partial charge in [0.2, 0.25) is 5.91 Å². The van der Waals surface area contributed by atoms with Crippen molar-refractivity contribution in [2.75, 3.05) is 18.6 Å². The molecule has 0 heterocycles. The second-order valence-corrected chi connectivity index (χ2v) is 9.24. The maximum atomic E-state index is 13.5. The summed E-state index contributed by atoms with van der Waals surface area (Å²) in [5.41, 5.74) is 1.18. The molecule has 182 valence electrons. The van der Waals surface area contributed by atoms with Crippen LogP contribution in [0.5, 0.6) is 5.75 Å². The van der Waals surface area contributed by atoms with Crippen molar-refractivity contribution < 1.29 is 22.7 Å². The average Bonchev–Trinajstić information content (AvgIpc) is 2.85. The van der Waals surface area contributed by atoms with Crippen LogP contribution in [0.25, 0.3) is 0 Å². The number of nitrogens with zero attached hydrogens (tertiary/aromatic N) is 1. The minimum Gasteiger partial charge on any atom is -0.497 e. The van der Waals surface area contributed by atoms with Crippen LogP contribution in [0.4, 0.5) is 10.5 Å². The Hall–Kier alpha value is -4.10. The van der Waals surface area contributed by atoms with Gasteiger partial charge < -0.3 is 20.4 Å². The minimum atomic E-state index is -4.33. The van der Waals surface area contributed by atoms with Gasteiger partial charge in [0.25, 0.3) is 10.0 Å². The zero-order valence-electron chi connectivity index (χ0n) is 19.4. The van der Waals surface area contributed by atoms with Crippen molar-refractivity contribution >= 4 is 33.4 Å². The maximum Gasteiger partial charge on any atom is 0.329 e. The van der Waals surface area contributed by atoms with E-state index in [0.29, 0.717) is 18.0 Å². The number of benzene rings is 2. The lowest BCUT2D eigenvalue weighted by atomic mass is 10.0. The number of sulfonamides is 1. The van der Waals surface area contributed by atoms with Gasteiger partial charge in [-0.05, 0) is 36.8 Å². The molecular formula is C25H26N4O5S. The van der Waals surface area contributed by atoms with Crippen LogP contribution in [0, 0.1) is 17.3 Å². The molecule has 0 fully saturated rings. The average molecular weight is 495 g/mol. The molecule has 3 amide bonds. The van der Waals surface area contributed by atoms with E-state index in [-0.39, 0.29) is 23.5 Å². The van der Waals surface area contributed by atoms with Gasteiger partial charge in [-0.2, -0.15) is 0 Å². The van der Waals surface area contributed by atoms with E-state index in [1.165, 1.54) is 4.90 Å². The third-order valence-corrected chi connectivity index (χ3v) is 6.63. The Morgan fingerprint density at radius 2 is 1.83 bits per heavy atom. The van der Waals surface area contributed by atoms with Crippen molar-refractivity contribution in [3.63, 3.8) is 0 Å². The Labute approximate surface area is 204 Å². The Kier molecular flexibility index (Phi) is 8.28. The molecule has 1 aliphatic rings. The molecular weight excluding hydrogens is 468 g/mol. The highest BCUT2D eigenvalue weighted by Gasteiger charge is 2.30. The highest BCUT2D eigenvalue weighted by Crippen LogP contribution is 2.21. The predicted molar refractivity (Wildman–Crippen MR) is 134 cm³/mol. The number of amides is 3. The summed E-state index contributed by atoms with van der Waals surface area (Å²) in [6, 6.07) is 13.8. The number of rotatable bonds is 9. The molecule has 2 aromatic carbocycles. The molecule has 2 aromatic rings. The lowest BCUT2D eigenvalue weighted by Gasteiger charge is -2.27. The zero-order chi connectivity index (χ0) is 25.4. The van der Waals surface area contributed by atoms with Gasteiger partial charge in [-0.1, -0.05) is 42.2 Å². The van der Waals surface area contributed by atoms with E-state index in [9.17, 15) is 18.0 Å². The van der Waals surface area contributed by atoms with Gasteiger partial charge in [-0.3, -0.25) is 4.79 Å². The third kappa shape index (κ3) is 6.49. The molecule has 1 atom stereocenters. The molecule has 3 N–H and O–H groups in total. The van der Waals surface area contributed by atoms with Gasteiger partial charge in [0.05, 0.1) is 19.2 Å². The number of nitrogens with one attached hydrogen (secondary N) is 3. The van der Waals surface area contributed by atoms with Crippen molar-refractivity contribution in [2.45, 2.75) is 25.8 Å². The molecule has 0 saturated heterocycles. The summed E-state index contributed by atoms with van der Waals surface area (Å²) in [7, 11) is -2.79. The Morgan fingerprint density at radius 3 is 2.43 bits per heavy atom.